The highest BCUT2D eigenvalue weighted by Gasteiger charge is 2.35. The van der Waals surface area contributed by atoms with Crippen molar-refractivity contribution in [3.8, 4) is 0 Å². The summed E-state index contributed by atoms with van der Waals surface area (Å²) in [6, 6.07) is 0. The van der Waals surface area contributed by atoms with Gasteiger partial charge in [-0.1, -0.05) is 0 Å². The number of nitrogens with zero attached hydrogens (tertiary/aromatic N) is 3. The Hall–Kier alpha value is -1.57. The van der Waals surface area contributed by atoms with E-state index in [9.17, 15) is 18.5 Å². The Morgan fingerprint density at radius 1 is 1.35 bits per heavy atom. The first-order valence-corrected chi connectivity index (χ1v) is 6.93. The van der Waals surface area contributed by atoms with Gasteiger partial charge in [-0.2, -0.15) is 0 Å². The summed E-state index contributed by atoms with van der Waals surface area (Å²) in [6.45, 7) is 1.43. The summed E-state index contributed by atoms with van der Waals surface area (Å²) in [5.74, 6) is -0.00222. The molecule has 0 atom stereocenters. The van der Waals surface area contributed by atoms with E-state index in [0.29, 0.717) is 0 Å². The lowest BCUT2D eigenvalue weighted by atomic mass is 10.2. The van der Waals surface area contributed by atoms with E-state index in [-0.39, 0.29) is 28.1 Å². The minimum Gasteiger partial charge on any atom is -0.258 e. The summed E-state index contributed by atoms with van der Waals surface area (Å²) in [5, 5.41) is 10.6. The van der Waals surface area contributed by atoms with E-state index in [1.165, 1.54) is 6.92 Å². The van der Waals surface area contributed by atoms with Crippen LogP contribution in [0.1, 0.15) is 30.1 Å². The van der Waals surface area contributed by atoms with E-state index in [2.05, 4.69) is 9.97 Å². The topological polar surface area (TPSA) is 103 Å². The standard InChI is InChI=1S/C9H11N3O4S/c1-5-8(12(13)14)7(6-3-4-6)11-9(10-5)17(2,15)16/h6H,3-4H2,1-2H3. The number of nitro groups is 1. The van der Waals surface area contributed by atoms with Crippen LogP contribution in [0.25, 0.3) is 0 Å². The first kappa shape index (κ1) is 11.9. The molecule has 1 fully saturated rings. The van der Waals surface area contributed by atoms with Crippen molar-refractivity contribution in [3.05, 3.63) is 21.5 Å². The van der Waals surface area contributed by atoms with Gasteiger partial charge in [-0.25, -0.2) is 18.4 Å². The summed E-state index contributed by atoms with van der Waals surface area (Å²) in [6.07, 6.45) is 2.60. The van der Waals surface area contributed by atoms with Gasteiger partial charge in [-0.05, 0) is 19.8 Å². The van der Waals surface area contributed by atoms with Crippen molar-refractivity contribution in [2.24, 2.45) is 0 Å². The molecule has 1 aromatic heterocycles. The molecule has 0 aromatic carbocycles. The average Bonchev–Trinajstić information content (AvgIpc) is 2.96. The van der Waals surface area contributed by atoms with Crippen molar-refractivity contribution in [1.29, 1.82) is 0 Å². The number of aromatic nitrogens is 2. The molecule has 0 spiro atoms. The van der Waals surface area contributed by atoms with Gasteiger partial charge in [0.2, 0.25) is 15.0 Å². The highest BCUT2D eigenvalue weighted by Crippen LogP contribution is 2.43. The van der Waals surface area contributed by atoms with Gasteiger partial charge in [0.15, 0.2) is 0 Å². The molecule has 1 saturated carbocycles. The van der Waals surface area contributed by atoms with Crippen LogP contribution in [-0.4, -0.2) is 29.6 Å². The van der Waals surface area contributed by atoms with Crippen molar-refractivity contribution >= 4 is 15.5 Å². The molecule has 2 rings (SSSR count). The molecule has 0 aliphatic heterocycles. The lowest BCUT2D eigenvalue weighted by molar-refractivity contribution is -0.386. The molecule has 0 radical (unpaired) electrons. The molecule has 1 heterocycles. The van der Waals surface area contributed by atoms with Crippen molar-refractivity contribution in [2.45, 2.75) is 30.8 Å². The zero-order valence-corrected chi connectivity index (χ0v) is 10.2. The van der Waals surface area contributed by atoms with E-state index in [1.807, 2.05) is 0 Å². The van der Waals surface area contributed by atoms with Gasteiger partial charge in [0, 0.05) is 12.2 Å². The van der Waals surface area contributed by atoms with E-state index in [1.54, 1.807) is 0 Å². The molecular formula is C9H11N3O4S. The number of aryl methyl sites for hydroxylation is 1. The Morgan fingerprint density at radius 3 is 2.35 bits per heavy atom. The second-order valence-corrected chi connectivity index (χ2v) is 6.04. The first-order chi connectivity index (χ1) is 7.80. The molecule has 1 aromatic rings. The van der Waals surface area contributed by atoms with Crippen molar-refractivity contribution < 1.29 is 13.3 Å². The van der Waals surface area contributed by atoms with E-state index < -0.39 is 14.8 Å². The van der Waals surface area contributed by atoms with Crippen LogP contribution in [0.4, 0.5) is 5.69 Å². The Morgan fingerprint density at radius 2 is 1.94 bits per heavy atom. The van der Waals surface area contributed by atoms with Crippen LogP contribution in [0, 0.1) is 17.0 Å². The van der Waals surface area contributed by atoms with Crippen molar-refractivity contribution in [1.82, 2.24) is 9.97 Å². The molecule has 7 nitrogen and oxygen atoms in total. The van der Waals surface area contributed by atoms with Gasteiger partial charge in [0.25, 0.3) is 0 Å². The van der Waals surface area contributed by atoms with Crippen LogP contribution in [-0.2, 0) is 9.84 Å². The van der Waals surface area contributed by atoms with Crippen LogP contribution in [0.2, 0.25) is 0 Å². The number of sulfone groups is 1. The Labute approximate surface area is 98.0 Å². The predicted octanol–water partition coefficient (Wildman–Crippen LogP) is 0.974. The SMILES string of the molecule is Cc1nc(S(C)(=O)=O)nc(C2CC2)c1[N+](=O)[O-]. The van der Waals surface area contributed by atoms with Crippen LogP contribution in [0.3, 0.4) is 0 Å². The maximum Gasteiger partial charge on any atom is 0.312 e. The smallest absolute Gasteiger partial charge is 0.258 e. The third kappa shape index (κ3) is 2.26. The molecule has 0 amide bonds. The van der Waals surface area contributed by atoms with Gasteiger partial charge in [-0.3, -0.25) is 10.1 Å². The largest absolute Gasteiger partial charge is 0.312 e. The van der Waals surface area contributed by atoms with Crippen molar-refractivity contribution in [3.63, 3.8) is 0 Å². The van der Waals surface area contributed by atoms with Gasteiger partial charge in [0.1, 0.15) is 11.4 Å². The number of hydrogen-bond acceptors (Lipinski definition) is 6. The molecule has 0 bridgehead atoms. The molecule has 1 aliphatic rings. The van der Waals surface area contributed by atoms with Gasteiger partial charge in [-0.15, -0.1) is 0 Å². The van der Waals surface area contributed by atoms with Crippen LogP contribution in [0.5, 0.6) is 0 Å². The third-order valence-electron chi connectivity index (χ3n) is 2.54. The predicted molar refractivity (Wildman–Crippen MR) is 58.5 cm³/mol. The van der Waals surface area contributed by atoms with E-state index >= 15 is 0 Å². The van der Waals surface area contributed by atoms with Crippen LogP contribution in [0.15, 0.2) is 5.16 Å². The number of hydrogen-bond donors (Lipinski definition) is 0. The Balaban J connectivity index is 2.68. The summed E-state index contributed by atoms with van der Waals surface area (Å²) in [7, 11) is -3.54. The summed E-state index contributed by atoms with van der Waals surface area (Å²) < 4.78 is 22.7. The third-order valence-corrected chi connectivity index (χ3v) is 3.39. The highest BCUT2D eigenvalue weighted by molar-refractivity contribution is 7.90. The summed E-state index contributed by atoms with van der Waals surface area (Å²) in [5.41, 5.74) is 0.204. The molecule has 17 heavy (non-hydrogen) atoms. The molecular weight excluding hydrogens is 246 g/mol. The zero-order valence-electron chi connectivity index (χ0n) is 9.37. The molecule has 0 saturated heterocycles. The van der Waals surface area contributed by atoms with E-state index in [0.717, 1.165) is 19.1 Å². The molecule has 8 heteroatoms. The molecule has 0 N–H and O–H groups in total. The highest BCUT2D eigenvalue weighted by atomic mass is 32.2. The zero-order chi connectivity index (χ0) is 12.8. The van der Waals surface area contributed by atoms with Gasteiger partial charge in [0.05, 0.1) is 4.92 Å². The Bertz CT molecular complexity index is 593. The van der Waals surface area contributed by atoms with Gasteiger partial charge < -0.3 is 0 Å². The van der Waals surface area contributed by atoms with Crippen LogP contribution < -0.4 is 0 Å². The maximum absolute atomic E-state index is 11.4. The molecule has 1 aliphatic carbocycles. The molecule has 92 valence electrons. The van der Waals surface area contributed by atoms with E-state index in [4.69, 9.17) is 0 Å². The number of rotatable bonds is 3. The van der Waals surface area contributed by atoms with Crippen LogP contribution >= 0.6 is 0 Å². The van der Waals surface area contributed by atoms with Crippen molar-refractivity contribution in [2.75, 3.05) is 6.26 Å². The first-order valence-electron chi connectivity index (χ1n) is 5.03. The second-order valence-electron chi connectivity index (χ2n) is 4.13. The van der Waals surface area contributed by atoms with Gasteiger partial charge >= 0.3 is 5.69 Å². The lowest BCUT2D eigenvalue weighted by Gasteiger charge is -2.05. The summed E-state index contributed by atoms with van der Waals surface area (Å²) >= 11 is 0. The minimum atomic E-state index is -3.54. The monoisotopic (exact) mass is 257 g/mol. The minimum absolute atomic E-state index is 0.00222. The molecule has 0 unspecified atom stereocenters. The maximum atomic E-state index is 11.4. The normalized spacial score (nSPS) is 15.9. The summed E-state index contributed by atoms with van der Waals surface area (Å²) in [4.78, 5) is 17.9. The quantitative estimate of drug-likeness (QED) is 0.454. The second kappa shape index (κ2) is 3.73. The lowest BCUT2D eigenvalue weighted by Crippen LogP contribution is -2.10. The fraction of sp³-hybridized carbons (Fsp3) is 0.556. The average molecular weight is 257 g/mol. The fourth-order valence-corrected chi connectivity index (χ4v) is 2.16. The fourth-order valence-electron chi connectivity index (χ4n) is 1.60. The Kier molecular flexibility index (Phi) is 2.61.